The van der Waals surface area contributed by atoms with Gasteiger partial charge in [0.05, 0.1) is 0 Å². The fraction of sp³-hybridized carbons (Fsp3) is 0.556. The number of halogens is 5. The van der Waals surface area contributed by atoms with Crippen molar-refractivity contribution in [3.63, 3.8) is 0 Å². The van der Waals surface area contributed by atoms with Gasteiger partial charge in [0.15, 0.2) is 0 Å². The maximum atomic E-state index is 13.7. The van der Waals surface area contributed by atoms with E-state index in [-0.39, 0.29) is 0 Å². The minimum atomic E-state index is -2.38. The second-order valence-electron chi connectivity index (χ2n) is 8.02. The summed E-state index contributed by atoms with van der Waals surface area (Å²) in [5.74, 6) is -14.6. The van der Waals surface area contributed by atoms with Gasteiger partial charge in [0.2, 0.25) is 34.8 Å². The van der Waals surface area contributed by atoms with E-state index in [1.807, 2.05) is 0 Å². The lowest BCUT2D eigenvalue weighted by molar-refractivity contribution is -0.142. The molecule has 1 aromatic rings. The second-order valence-corrected chi connectivity index (χ2v) is 8.02. The molecule has 5 nitrogen and oxygen atoms in total. The van der Waals surface area contributed by atoms with Crippen molar-refractivity contribution in [2.45, 2.75) is 65.6 Å². The van der Waals surface area contributed by atoms with Crippen LogP contribution in [0.4, 0.5) is 26.7 Å². The number of nitrogens with zero attached hydrogens (tertiary/aromatic N) is 1. The lowest BCUT2D eigenvalue weighted by Gasteiger charge is -2.39. The molecular formula is C18H22F5NO4. The highest BCUT2D eigenvalue weighted by Gasteiger charge is 2.39. The van der Waals surface area contributed by atoms with Gasteiger partial charge >= 0.3 is 12.1 Å². The molecule has 1 amide bonds. The Morgan fingerprint density at radius 1 is 0.821 bits per heavy atom. The van der Waals surface area contributed by atoms with Gasteiger partial charge in [-0.1, -0.05) is 0 Å². The van der Waals surface area contributed by atoms with Crippen molar-refractivity contribution in [3.8, 4) is 5.75 Å². The summed E-state index contributed by atoms with van der Waals surface area (Å²) in [6.45, 7) is 10.6. The van der Waals surface area contributed by atoms with Gasteiger partial charge in [0.25, 0.3) is 0 Å². The predicted molar refractivity (Wildman–Crippen MR) is 89.2 cm³/mol. The van der Waals surface area contributed by atoms with Crippen LogP contribution in [0.5, 0.6) is 5.75 Å². The van der Waals surface area contributed by atoms with Crippen molar-refractivity contribution in [2.24, 2.45) is 0 Å². The Kier molecular flexibility index (Phi) is 6.69. The average molecular weight is 411 g/mol. The molecule has 28 heavy (non-hydrogen) atoms. The maximum Gasteiger partial charge on any atom is 0.411 e. The molecule has 0 spiro atoms. The first-order chi connectivity index (χ1) is 12.5. The van der Waals surface area contributed by atoms with E-state index < -0.39 is 64.1 Å². The molecule has 10 heteroatoms. The number of hydrogen-bond acceptors (Lipinski definition) is 4. The molecule has 0 heterocycles. The predicted octanol–water partition coefficient (Wildman–Crippen LogP) is 4.71. The average Bonchev–Trinajstić information content (AvgIpc) is 2.51. The molecule has 0 fully saturated rings. The third-order valence-electron chi connectivity index (χ3n) is 3.41. The minimum Gasteiger partial charge on any atom is -0.444 e. The van der Waals surface area contributed by atoms with Gasteiger partial charge in [-0.3, -0.25) is 4.90 Å². The molecule has 1 unspecified atom stereocenters. The van der Waals surface area contributed by atoms with Crippen LogP contribution >= 0.6 is 0 Å². The molecule has 0 saturated heterocycles. The first-order valence-corrected chi connectivity index (χ1v) is 8.24. The highest BCUT2D eigenvalue weighted by Crippen LogP contribution is 2.30. The van der Waals surface area contributed by atoms with Crippen LogP contribution in [0, 0.1) is 29.1 Å². The molecule has 1 aromatic carbocycles. The highest BCUT2D eigenvalue weighted by molar-refractivity contribution is 5.83. The van der Waals surface area contributed by atoms with Crippen molar-refractivity contribution >= 4 is 12.1 Å². The summed E-state index contributed by atoms with van der Waals surface area (Å²) in [7, 11) is 0. The number of ether oxygens (including phenoxy) is 2. The Hall–Kier alpha value is -2.39. The highest BCUT2D eigenvalue weighted by atomic mass is 19.2. The van der Waals surface area contributed by atoms with Gasteiger partial charge in [0, 0.05) is 5.54 Å². The number of rotatable bonds is 3. The summed E-state index contributed by atoms with van der Waals surface area (Å²) < 4.78 is 76.8. The van der Waals surface area contributed by atoms with Gasteiger partial charge in [-0.2, -0.15) is 8.78 Å². The molecule has 0 aliphatic rings. The molecule has 0 saturated carbocycles. The Morgan fingerprint density at radius 2 is 1.21 bits per heavy atom. The van der Waals surface area contributed by atoms with Crippen molar-refractivity contribution < 1.29 is 41.0 Å². The topological polar surface area (TPSA) is 55.8 Å². The maximum absolute atomic E-state index is 13.7. The summed E-state index contributed by atoms with van der Waals surface area (Å²) >= 11 is 0. The molecule has 0 aliphatic heterocycles. The van der Waals surface area contributed by atoms with E-state index in [4.69, 9.17) is 4.74 Å². The summed E-state index contributed by atoms with van der Waals surface area (Å²) in [4.78, 5) is 25.7. The monoisotopic (exact) mass is 411 g/mol. The number of amides is 1. The smallest absolute Gasteiger partial charge is 0.411 e. The number of hydrogen-bond donors (Lipinski definition) is 0. The van der Waals surface area contributed by atoms with E-state index in [0.29, 0.717) is 0 Å². The van der Waals surface area contributed by atoms with Gasteiger partial charge in [-0.05, 0) is 48.5 Å². The van der Waals surface area contributed by atoms with Gasteiger partial charge in [-0.15, -0.1) is 0 Å². The van der Waals surface area contributed by atoms with E-state index in [1.165, 1.54) is 6.92 Å². The number of esters is 1. The lowest BCUT2D eigenvalue weighted by Crippen LogP contribution is -2.55. The fourth-order valence-corrected chi connectivity index (χ4v) is 2.29. The van der Waals surface area contributed by atoms with E-state index in [0.717, 1.165) is 4.90 Å². The molecule has 0 bridgehead atoms. The fourth-order valence-electron chi connectivity index (χ4n) is 2.29. The van der Waals surface area contributed by atoms with Crippen LogP contribution in [0.3, 0.4) is 0 Å². The molecular weight excluding hydrogens is 389 g/mol. The van der Waals surface area contributed by atoms with Crippen molar-refractivity contribution in [1.82, 2.24) is 4.90 Å². The normalized spacial score (nSPS) is 13.1. The summed E-state index contributed by atoms with van der Waals surface area (Å²) in [6, 6.07) is -1.47. The van der Waals surface area contributed by atoms with Crippen molar-refractivity contribution in [3.05, 3.63) is 29.1 Å². The molecule has 0 N–H and O–H groups in total. The van der Waals surface area contributed by atoms with Crippen LogP contribution in [0.25, 0.3) is 0 Å². The van der Waals surface area contributed by atoms with Gasteiger partial charge in [0.1, 0.15) is 11.6 Å². The van der Waals surface area contributed by atoms with E-state index >= 15 is 0 Å². The first-order valence-electron chi connectivity index (χ1n) is 8.24. The SMILES string of the molecule is CC(C(=O)Oc1c(F)c(F)c(F)c(F)c1F)N(C(=O)OC(C)(C)C)C(C)(C)C. The van der Waals surface area contributed by atoms with E-state index in [1.54, 1.807) is 41.5 Å². The standard InChI is InChI=1S/C18H22F5NO4/c1-8(24(17(2,3)4)16(26)28-18(5,6)7)15(25)27-14-12(22)10(20)9(19)11(21)13(14)23/h8H,1-7H3. The van der Waals surface area contributed by atoms with Crippen LogP contribution in [-0.4, -0.2) is 34.1 Å². The second kappa shape index (κ2) is 7.92. The third kappa shape index (κ3) is 5.11. The number of carbonyl (C=O) groups is 2. The Labute approximate surface area is 159 Å². The van der Waals surface area contributed by atoms with Crippen molar-refractivity contribution in [1.29, 1.82) is 0 Å². The summed E-state index contributed by atoms with van der Waals surface area (Å²) in [5, 5.41) is 0. The minimum absolute atomic E-state index is 0.911. The molecule has 1 atom stereocenters. The van der Waals surface area contributed by atoms with Crippen LogP contribution in [0.1, 0.15) is 48.5 Å². The molecule has 158 valence electrons. The van der Waals surface area contributed by atoms with Crippen LogP contribution in [-0.2, 0) is 9.53 Å². The molecule has 0 radical (unpaired) electrons. The summed E-state index contributed by atoms with van der Waals surface area (Å²) in [5.41, 5.74) is -1.91. The van der Waals surface area contributed by atoms with E-state index in [9.17, 15) is 31.5 Å². The number of carbonyl (C=O) groups excluding carboxylic acids is 2. The Balaban J connectivity index is 3.25. The molecule has 0 aromatic heterocycles. The first kappa shape index (κ1) is 23.6. The molecule has 1 rings (SSSR count). The number of benzene rings is 1. The molecule has 0 aliphatic carbocycles. The Bertz CT molecular complexity index is 755. The Morgan fingerprint density at radius 3 is 1.57 bits per heavy atom. The largest absolute Gasteiger partial charge is 0.444 e. The van der Waals surface area contributed by atoms with Crippen LogP contribution in [0.15, 0.2) is 0 Å². The van der Waals surface area contributed by atoms with Gasteiger partial charge in [-0.25, -0.2) is 22.8 Å². The summed E-state index contributed by atoms with van der Waals surface area (Å²) in [6.07, 6.45) is -0.929. The zero-order valence-corrected chi connectivity index (χ0v) is 16.5. The van der Waals surface area contributed by atoms with Crippen LogP contribution in [0.2, 0.25) is 0 Å². The zero-order chi connectivity index (χ0) is 22.2. The lowest BCUT2D eigenvalue weighted by atomic mass is 10.0. The quantitative estimate of drug-likeness (QED) is 0.238. The zero-order valence-electron chi connectivity index (χ0n) is 16.5. The van der Waals surface area contributed by atoms with Gasteiger partial charge < -0.3 is 9.47 Å². The van der Waals surface area contributed by atoms with Crippen molar-refractivity contribution in [2.75, 3.05) is 0 Å². The third-order valence-corrected chi connectivity index (χ3v) is 3.41. The van der Waals surface area contributed by atoms with Crippen LogP contribution < -0.4 is 4.74 Å². The van der Waals surface area contributed by atoms with E-state index in [2.05, 4.69) is 4.74 Å².